The van der Waals surface area contributed by atoms with Crippen molar-refractivity contribution in [2.24, 2.45) is 0 Å². The third-order valence-corrected chi connectivity index (χ3v) is 0.860. The molecule has 0 unspecified atom stereocenters. The molecule has 0 aromatic rings. The molecule has 0 saturated carbocycles. The van der Waals surface area contributed by atoms with Crippen LogP contribution in [-0.2, 0) is 4.79 Å². The van der Waals surface area contributed by atoms with Gasteiger partial charge >= 0.3 is 0 Å². The molecule has 0 rings (SSSR count). The molecule has 0 aromatic heterocycles. The molecule has 11 heavy (non-hydrogen) atoms. The summed E-state index contributed by atoms with van der Waals surface area (Å²) in [6.07, 6.45) is 1.43. The molecule has 0 aliphatic carbocycles. The highest BCUT2D eigenvalue weighted by atomic mass is 16.3. The fourth-order valence-corrected chi connectivity index (χ4v) is 0.342. The zero-order chi connectivity index (χ0) is 9.28. The summed E-state index contributed by atoms with van der Waals surface area (Å²) in [5.41, 5.74) is 0. The van der Waals surface area contributed by atoms with E-state index in [2.05, 4.69) is 5.32 Å². The van der Waals surface area contributed by atoms with Crippen LogP contribution in [0.2, 0.25) is 0 Å². The third kappa shape index (κ3) is 9.17. The first-order valence-corrected chi connectivity index (χ1v) is 3.73. The van der Waals surface area contributed by atoms with Crippen molar-refractivity contribution in [3.05, 3.63) is 11.8 Å². The topological polar surface area (TPSA) is 49.3 Å². The van der Waals surface area contributed by atoms with E-state index in [-0.39, 0.29) is 11.5 Å². The Bertz CT molecular complexity index is 130. The molecule has 0 aromatic carbocycles. The van der Waals surface area contributed by atoms with Crippen molar-refractivity contribution in [2.75, 3.05) is 13.6 Å². The maximum Gasteiger partial charge on any atom is 0.193 e. The molecule has 0 atom stereocenters. The SMILES string of the molecule is CC.CNC/C=C(\O)C(C)=O. The van der Waals surface area contributed by atoms with Gasteiger partial charge in [-0.1, -0.05) is 13.8 Å². The number of aliphatic hydroxyl groups is 1. The number of Topliss-reactive ketones (excluding diaryl/α,β-unsaturated/α-hetero) is 1. The van der Waals surface area contributed by atoms with Gasteiger partial charge in [-0.05, 0) is 13.1 Å². The number of carbonyl (C=O) groups excluding carboxylic acids is 1. The predicted octanol–water partition coefficient (Wildman–Crippen LogP) is 1.26. The number of allylic oxidation sites excluding steroid dienone is 1. The summed E-state index contributed by atoms with van der Waals surface area (Å²) in [6, 6.07) is 0. The van der Waals surface area contributed by atoms with E-state index in [1.54, 1.807) is 7.05 Å². The molecule has 0 bridgehead atoms. The Morgan fingerprint density at radius 1 is 1.55 bits per heavy atom. The number of hydrogen-bond donors (Lipinski definition) is 2. The molecule has 66 valence electrons. The molecule has 0 amide bonds. The molecule has 0 saturated heterocycles. The molecule has 3 heteroatoms. The highest BCUT2D eigenvalue weighted by molar-refractivity contribution is 5.90. The molecule has 2 N–H and O–H groups in total. The fraction of sp³-hybridized carbons (Fsp3) is 0.625. The molecule has 0 fully saturated rings. The Kier molecular flexibility index (Phi) is 10.7. The lowest BCUT2D eigenvalue weighted by Crippen LogP contribution is -2.07. The number of hydrogen-bond acceptors (Lipinski definition) is 3. The van der Waals surface area contributed by atoms with E-state index < -0.39 is 0 Å². The van der Waals surface area contributed by atoms with E-state index in [0.29, 0.717) is 6.54 Å². The Hall–Kier alpha value is -0.830. The van der Waals surface area contributed by atoms with E-state index in [1.165, 1.54) is 13.0 Å². The minimum absolute atomic E-state index is 0.177. The second-order valence-electron chi connectivity index (χ2n) is 1.70. The van der Waals surface area contributed by atoms with Gasteiger partial charge in [-0.3, -0.25) is 4.79 Å². The monoisotopic (exact) mass is 159 g/mol. The number of nitrogens with one attached hydrogen (secondary N) is 1. The van der Waals surface area contributed by atoms with Crippen molar-refractivity contribution in [2.45, 2.75) is 20.8 Å². The molecule has 3 nitrogen and oxygen atoms in total. The van der Waals surface area contributed by atoms with Crippen LogP contribution in [0.15, 0.2) is 11.8 Å². The quantitative estimate of drug-likeness (QED) is 0.481. The molecular weight excluding hydrogens is 142 g/mol. The molecule has 0 aliphatic heterocycles. The van der Waals surface area contributed by atoms with Gasteiger partial charge in [0, 0.05) is 13.5 Å². The van der Waals surface area contributed by atoms with Crippen LogP contribution in [0.4, 0.5) is 0 Å². The first-order chi connectivity index (χ1) is 5.18. The van der Waals surface area contributed by atoms with Crippen LogP contribution < -0.4 is 5.32 Å². The highest BCUT2D eigenvalue weighted by Crippen LogP contribution is 1.86. The summed E-state index contributed by atoms with van der Waals surface area (Å²) in [5.74, 6) is -0.477. The summed E-state index contributed by atoms with van der Waals surface area (Å²) in [6.45, 7) is 5.84. The Labute approximate surface area is 68.1 Å². The van der Waals surface area contributed by atoms with Crippen LogP contribution in [0.25, 0.3) is 0 Å². The van der Waals surface area contributed by atoms with E-state index >= 15 is 0 Å². The van der Waals surface area contributed by atoms with Crippen molar-refractivity contribution < 1.29 is 9.90 Å². The molecule has 0 heterocycles. The minimum Gasteiger partial charge on any atom is -0.505 e. The van der Waals surface area contributed by atoms with Gasteiger partial charge in [0.1, 0.15) is 0 Å². The lowest BCUT2D eigenvalue weighted by atomic mass is 10.3. The maximum absolute atomic E-state index is 10.3. The van der Waals surface area contributed by atoms with E-state index in [1.807, 2.05) is 13.8 Å². The number of rotatable bonds is 3. The Morgan fingerprint density at radius 3 is 2.27 bits per heavy atom. The summed E-state index contributed by atoms with van der Waals surface area (Å²) < 4.78 is 0. The molecule has 0 spiro atoms. The number of aliphatic hydroxyl groups excluding tert-OH is 1. The molecular formula is C8H17NO2. The van der Waals surface area contributed by atoms with Crippen LogP contribution in [0.1, 0.15) is 20.8 Å². The smallest absolute Gasteiger partial charge is 0.193 e. The first kappa shape index (κ1) is 12.8. The van der Waals surface area contributed by atoms with Gasteiger partial charge in [0.25, 0.3) is 0 Å². The second-order valence-corrected chi connectivity index (χ2v) is 1.70. The highest BCUT2D eigenvalue weighted by Gasteiger charge is 1.95. The molecule has 0 aliphatic rings. The summed E-state index contributed by atoms with van der Waals surface area (Å²) in [7, 11) is 1.74. The van der Waals surface area contributed by atoms with Crippen molar-refractivity contribution >= 4 is 5.78 Å². The van der Waals surface area contributed by atoms with Crippen molar-refractivity contribution in [3.8, 4) is 0 Å². The second kappa shape index (κ2) is 9.17. The van der Waals surface area contributed by atoms with Crippen molar-refractivity contribution in [1.29, 1.82) is 0 Å². The predicted molar refractivity (Wildman–Crippen MR) is 46.7 cm³/mol. The van der Waals surface area contributed by atoms with Crippen LogP contribution in [0.5, 0.6) is 0 Å². The summed E-state index contributed by atoms with van der Waals surface area (Å²) in [5, 5.41) is 11.5. The van der Waals surface area contributed by atoms with Crippen molar-refractivity contribution in [3.63, 3.8) is 0 Å². The van der Waals surface area contributed by atoms with E-state index in [9.17, 15) is 4.79 Å². The van der Waals surface area contributed by atoms with Gasteiger partial charge in [0.15, 0.2) is 11.5 Å². The first-order valence-electron chi connectivity index (χ1n) is 3.73. The van der Waals surface area contributed by atoms with Gasteiger partial charge in [0.2, 0.25) is 0 Å². The van der Waals surface area contributed by atoms with Crippen molar-refractivity contribution in [1.82, 2.24) is 5.32 Å². The molecule has 0 radical (unpaired) electrons. The largest absolute Gasteiger partial charge is 0.505 e. The Balaban J connectivity index is 0. The van der Waals surface area contributed by atoms with Crippen LogP contribution in [0.3, 0.4) is 0 Å². The average molecular weight is 159 g/mol. The maximum atomic E-state index is 10.3. The lowest BCUT2D eigenvalue weighted by Gasteiger charge is -1.91. The fourth-order valence-electron chi connectivity index (χ4n) is 0.342. The van der Waals surface area contributed by atoms with Gasteiger partial charge in [-0.25, -0.2) is 0 Å². The summed E-state index contributed by atoms with van der Waals surface area (Å²) >= 11 is 0. The minimum atomic E-state index is -0.301. The average Bonchev–Trinajstić information content (AvgIpc) is 2.03. The van der Waals surface area contributed by atoms with Gasteiger partial charge < -0.3 is 10.4 Å². The van der Waals surface area contributed by atoms with E-state index in [4.69, 9.17) is 5.11 Å². The normalized spacial score (nSPS) is 10.0. The number of ketones is 1. The van der Waals surface area contributed by atoms with E-state index in [0.717, 1.165) is 0 Å². The zero-order valence-corrected chi connectivity index (χ0v) is 7.64. The Morgan fingerprint density at radius 2 is 2.00 bits per heavy atom. The third-order valence-electron chi connectivity index (χ3n) is 0.860. The zero-order valence-electron chi connectivity index (χ0n) is 7.64. The standard InChI is InChI=1S/C6H11NO2.C2H6/c1-5(8)6(9)3-4-7-2;1-2/h3,7,9H,4H2,1-2H3;1-2H3/b6-3-;. The van der Waals surface area contributed by atoms with Crippen LogP contribution >= 0.6 is 0 Å². The van der Waals surface area contributed by atoms with Gasteiger partial charge in [-0.2, -0.15) is 0 Å². The van der Waals surface area contributed by atoms with Crippen LogP contribution in [0, 0.1) is 0 Å². The number of carbonyl (C=O) groups is 1. The summed E-state index contributed by atoms with van der Waals surface area (Å²) in [4.78, 5) is 10.3. The number of likely N-dealkylation sites (N-methyl/N-ethyl adjacent to an activating group) is 1. The lowest BCUT2D eigenvalue weighted by molar-refractivity contribution is -0.115. The van der Waals surface area contributed by atoms with Gasteiger partial charge in [-0.15, -0.1) is 0 Å². The van der Waals surface area contributed by atoms with Gasteiger partial charge in [0.05, 0.1) is 0 Å². The van der Waals surface area contributed by atoms with Crippen LogP contribution in [-0.4, -0.2) is 24.5 Å².